The molecule has 3 aromatic rings. The molecule has 1 aliphatic heterocycles. The smallest absolute Gasteiger partial charge is 0.235 e. The molecule has 0 bridgehead atoms. The summed E-state index contributed by atoms with van der Waals surface area (Å²) in [6.07, 6.45) is 0.479. The van der Waals surface area contributed by atoms with Crippen molar-refractivity contribution in [3.63, 3.8) is 0 Å². The van der Waals surface area contributed by atoms with Crippen LogP contribution in [0.5, 0.6) is 11.5 Å². The quantitative estimate of drug-likeness (QED) is 0.621. The topological polar surface area (TPSA) is 111 Å². The number of phenolic OH excluding ortho intramolecular Hbond substituents is 1. The van der Waals surface area contributed by atoms with E-state index in [0.29, 0.717) is 30.8 Å². The van der Waals surface area contributed by atoms with Crippen LogP contribution in [0.4, 0.5) is 11.4 Å². The van der Waals surface area contributed by atoms with E-state index in [1.807, 2.05) is 18.7 Å². The molecule has 1 aliphatic rings. The van der Waals surface area contributed by atoms with Crippen molar-refractivity contribution < 1.29 is 23.0 Å². The number of hydrogen-bond donors (Lipinski definition) is 2. The van der Waals surface area contributed by atoms with E-state index in [-0.39, 0.29) is 40.5 Å². The molecule has 0 radical (unpaired) electrons. The largest absolute Gasteiger partial charge is 0.508 e. The highest BCUT2D eigenvalue weighted by atomic mass is 32.2. The lowest BCUT2D eigenvalue weighted by molar-refractivity contribution is 0.449. The maximum Gasteiger partial charge on any atom is 0.235 e. The zero-order chi connectivity index (χ0) is 22.3. The number of phenols is 1. The van der Waals surface area contributed by atoms with Gasteiger partial charge < -0.3 is 19.5 Å². The van der Waals surface area contributed by atoms with Gasteiger partial charge in [-0.05, 0) is 56.7 Å². The summed E-state index contributed by atoms with van der Waals surface area (Å²) in [5.41, 5.74) is 0.813. The Hall–Kier alpha value is -3.20. The van der Waals surface area contributed by atoms with Gasteiger partial charge in [0.15, 0.2) is 11.3 Å². The molecule has 1 saturated heterocycles. The highest BCUT2D eigenvalue weighted by Gasteiger charge is 2.32. The van der Waals surface area contributed by atoms with Gasteiger partial charge in [-0.25, -0.2) is 8.42 Å². The van der Waals surface area contributed by atoms with E-state index in [1.54, 1.807) is 12.1 Å². The van der Waals surface area contributed by atoms with Gasteiger partial charge in [0.25, 0.3) is 0 Å². The van der Waals surface area contributed by atoms with Crippen LogP contribution in [0.2, 0.25) is 0 Å². The van der Waals surface area contributed by atoms with Gasteiger partial charge in [0.1, 0.15) is 5.75 Å². The monoisotopic (exact) mass is 444 g/mol. The summed E-state index contributed by atoms with van der Waals surface area (Å²) in [6.45, 7) is 5.55. The normalized spacial score (nSPS) is 15.5. The molecule has 0 atom stereocenters. The first kappa shape index (κ1) is 21.0. The Kier molecular flexibility index (Phi) is 5.30. The lowest BCUT2D eigenvalue weighted by Gasteiger charge is -2.25. The van der Waals surface area contributed by atoms with Crippen molar-refractivity contribution in [2.75, 3.05) is 34.6 Å². The van der Waals surface area contributed by atoms with Crippen LogP contribution in [-0.4, -0.2) is 44.0 Å². The molecule has 1 fully saturated rings. The Morgan fingerprint density at radius 1 is 1.10 bits per heavy atom. The van der Waals surface area contributed by atoms with Crippen LogP contribution >= 0.6 is 0 Å². The Bertz CT molecular complexity index is 1290. The van der Waals surface area contributed by atoms with Crippen LogP contribution in [0.15, 0.2) is 45.6 Å². The Balaban J connectivity index is 2.06. The van der Waals surface area contributed by atoms with Gasteiger partial charge in [-0.15, -0.1) is 0 Å². The van der Waals surface area contributed by atoms with E-state index in [1.165, 1.54) is 28.6 Å². The average Bonchev–Trinajstić information content (AvgIpc) is 3.11. The van der Waals surface area contributed by atoms with E-state index in [2.05, 4.69) is 0 Å². The molecule has 0 spiro atoms. The third-order valence-corrected chi connectivity index (χ3v) is 7.41. The van der Waals surface area contributed by atoms with Crippen LogP contribution in [0.1, 0.15) is 20.3 Å². The predicted octanol–water partition coefficient (Wildman–Crippen LogP) is 3.26. The SMILES string of the molecule is CCN(CC)c1cc(N2CCCS2(=O)=O)c2oc(-c3ccc(O)cc3)c(O)c(=O)c2c1. The first-order valence-electron chi connectivity index (χ1n) is 10.2. The molecular formula is C22H24N2O6S. The summed E-state index contributed by atoms with van der Waals surface area (Å²) >= 11 is 0. The van der Waals surface area contributed by atoms with Crippen molar-refractivity contribution in [1.82, 2.24) is 0 Å². The molecule has 8 nitrogen and oxygen atoms in total. The highest BCUT2D eigenvalue weighted by molar-refractivity contribution is 7.93. The molecule has 1 aromatic heterocycles. The Morgan fingerprint density at radius 2 is 1.77 bits per heavy atom. The van der Waals surface area contributed by atoms with Crippen molar-refractivity contribution in [2.45, 2.75) is 20.3 Å². The van der Waals surface area contributed by atoms with Gasteiger partial charge in [0, 0.05) is 30.9 Å². The second kappa shape index (κ2) is 7.81. The molecule has 164 valence electrons. The lowest BCUT2D eigenvalue weighted by atomic mass is 10.1. The standard InChI is InChI=1S/C22H24N2O6S/c1-3-23(4-2)15-12-17-19(26)20(27)21(14-6-8-16(25)9-7-14)30-22(17)18(13-15)24-10-5-11-31(24,28)29/h6-9,12-13,25,27H,3-5,10-11H2,1-2H3. The number of benzene rings is 2. The molecule has 2 heterocycles. The van der Waals surface area contributed by atoms with Gasteiger partial charge >= 0.3 is 0 Å². The first-order chi connectivity index (χ1) is 14.8. The Labute approximate surface area is 180 Å². The number of rotatable bonds is 5. The molecular weight excluding hydrogens is 420 g/mol. The molecule has 0 saturated carbocycles. The fraction of sp³-hybridized carbons (Fsp3) is 0.318. The van der Waals surface area contributed by atoms with E-state index in [4.69, 9.17) is 4.42 Å². The van der Waals surface area contributed by atoms with Crippen molar-refractivity contribution in [2.24, 2.45) is 0 Å². The molecule has 9 heteroatoms. The molecule has 4 rings (SSSR count). The van der Waals surface area contributed by atoms with Crippen LogP contribution in [-0.2, 0) is 10.0 Å². The number of aromatic hydroxyl groups is 2. The summed E-state index contributed by atoms with van der Waals surface area (Å²) < 4.78 is 32.6. The van der Waals surface area contributed by atoms with E-state index < -0.39 is 21.2 Å². The fourth-order valence-corrected chi connectivity index (χ4v) is 5.49. The summed E-state index contributed by atoms with van der Waals surface area (Å²) in [5.74, 6) is -0.591. The number of fused-ring (bicyclic) bond motifs is 1. The lowest BCUT2D eigenvalue weighted by Crippen LogP contribution is -2.27. The van der Waals surface area contributed by atoms with Gasteiger partial charge in [0.05, 0.1) is 16.8 Å². The second-order valence-corrected chi connectivity index (χ2v) is 9.42. The van der Waals surface area contributed by atoms with E-state index in [0.717, 1.165) is 0 Å². The molecule has 0 amide bonds. The fourth-order valence-electron chi connectivity index (χ4n) is 3.93. The van der Waals surface area contributed by atoms with Gasteiger partial charge in [-0.2, -0.15) is 0 Å². The number of nitrogens with zero attached hydrogens (tertiary/aromatic N) is 2. The van der Waals surface area contributed by atoms with Crippen molar-refractivity contribution in [3.8, 4) is 22.8 Å². The van der Waals surface area contributed by atoms with Crippen LogP contribution < -0.4 is 14.6 Å². The molecule has 0 aliphatic carbocycles. The second-order valence-electron chi connectivity index (χ2n) is 7.41. The van der Waals surface area contributed by atoms with Crippen LogP contribution in [0.3, 0.4) is 0 Å². The number of hydrogen-bond acceptors (Lipinski definition) is 7. The number of anilines is 2. The summed E-state index contributed by atoms with van der Waals surface area (Å²) in [6, 6.07) is 9.19. The van der Waals surface area contributed by atoms with Crippen molar-refractivity contribution in [1.29, 1.82) is 0 Å². The van der Waals surface area contributed by atoms with Gasteiger partial charge in [0.2, 0.25) is 21.2 Å². The van der Waals surface area contributed by atoms with Crippen molar-refractivity contribution in [3.05, 3.63) is 46.6 Å². The first-order valence-corrected chi connectivity index (χ1v) is 11.8. The van der Waals surface area contributed by atoms with Gasteiger partial charge in [-0.1, -0.05) is 0 Å². The highest BCUT2D eigenvalue weighted by Crippen LogP contribution is 2.39. The van der Waals surface area contributed by atoms with E-state index in [9.17, 15) is 23.4 Å². The zero-order valence-corrected chi connectivity index (χ0v) is 18.1. The minimum Gasteiger partial charge on any atom is -0.508 e. The molecule has 2 N–H and O–H groups in total. The van der Waals surface area contributed by atoms with Crippen molar-refractivity contribution >= 4 is 32.4 Å². The third kappa shape index (κ3) is 3.59. The van der Waals surface area contributed by atoms with Crippen LogP contribution in [0, 0.1) is 0 Å². The maximum absolute atomic E-state index is 13.1. The summed E-state index contributed by atoms with van der Waals surface area (Å²) in [7, 11) is -3.54. The molecule has 31 heavy (non-hydrogen) atoms. The van der Waals surface area contributed by atoms with E-state index >= 15 is 0 Å². The van der Waals surface area contributed by atoms with Crippen LogP contribution in [0.25, 0.3) is 22.3 Å². The minimum atomic E-state index is -3.54. The predicted molar refractivity (Wildman–Crippen MR) is 121 cm³/mol. The summed E-state index contributed by atoms with van der Waals surface area (Å²) in [5, 5.41) is 20.3. The molecule has 2 aromatic carbocycles. The minimum absolute atomic E-state index is 0.0249. The molecule has 0 unspecified atom stereocenters. The third-order valence-electron chi connectivity index (χ3n) is 5.56. The Morgan fingerprint density at radius 3 is 2.35 bits per heavy atom. The maximum atomic E-state index is 13.1. The number of sulfonamides is 1. The van der Waals surface area contributed by atoms with Gasteiger partial charge in [-0.3, -0.25) is 9.10 Å². The average molecular weight is 445 g/mol. The zero-order valence-electron chi connectivity index (χ0n) is 17.3. The summed E-state index contributed by atoms with van der Waals surface area (Å²) in [4.78, 5) is 15.1.